The Morgan fingerprint density at radius 2 is 2.20 bits per heavy atom. The summed E-state index contributed by atoms with van der Waals surface area (Å²) in [5.74, 6) is 0.334. The largest absolute Gasteiger partial charge is 0.402 e. The summed E-state index contributed by atoms with van der Waals surface area (Å²) < 4.78 is 6.87. The minimum absolute atomic E-state index is 0.238. The van der Waals surface area contributed by atoms with E-state index in [4.69, 9.17) is 10.5 Å². The summed E-state index contributed by atoms with van der Waals surface area (Å²) >= 11 is 0. The first-order chi connectivity index (χ1) is 7.15. The lowest BCUT2D eigenvalue weighted by Gasteiger charge is -2.03. The van der Waals surface area contributed by atoms with Crippen molar-refractivity contribution in [3.8, 4) is 11.9 Å². The van der Waals surface area contributed by atoms with Gasteiger partial charge in [-0.2, -0.15) is 4.98 Å². The molecular formula is C9H11N5O. The Kier molecular flexibility index (Phi) is 2.24. The fourth-order valence-corrected chi connectivity index (χ4v) is 1.08. The van der Waals surface area contributed by atoms with E-state index in [1.54, 1.807) is 24.1 Å². The molecule has 2 rings (SSSR count). The van der Waals surface area contributed by atoms with E-state index >= 15 is 0 Å². The van der Waals surface area contributed by atoms with Crippen molar-refractivity contribution < 1.29 is 4.74 Å². The first-order valence-electron chi connectivity index (χ1n) is 4.42. The van der Waals surface area contributed by atoms with E-state index in [2.05, 4.69) is 15.1 Å². The van der Waals surface area contributed by atoms with Gasteiger partial charge in [0.1, 0.15) is 6.33 Å². The molecule has 0 aliphatic rings. The summed E-state index contributed by atoms with van der Waals surface area (Å²) in [6.07, 6.45) is 1.54. The summed E-state index contributed by atoms with van der Waals surface area (Å²) in [6.45, 7) is 1.86. The van der Waals surface area contributed by atoms with Crippen molar-refractivity contribution in [3.05, 3.63) is 24.2 Å². The van der Waals surface area contributed by atoms with Crippen LogP contribution in [0.4, 0.5) is 5.69 Å². The molecule has 0 amide bonds. The highest BCUT2D eigenvalue weighted by Gasteiger charge is 2.07. The standard InChI is InChI=1S/C9H11N5O/c1-6-3-4-7(10)8(12-6)15-9-11-5-14(2)13-9/h3-5H,10H2,1-2H3. The normalized spacial score (nSPS) is 10.3. The quantitative estimate of drug-likeness (QED) is 0.787. The van der Waals surface area contributed by atoms with Crippen LogP contribution in [0.3, 0.4) is 0 Å². The molecule has 15 heavy (non-hydrogen) atoms. The van der Waals surface area contributed by atoms with Gasteiger partial charge in [0.15, 0.2) is 0 Å². The van der Waals surface area contributed by atoms with Gasteiger partial charge in [-0.25, -0.2) is 4.98 Å². The van der Waals surface area contributed by atoms with Crippen LogP contribution in [0.15, 0.2) is 18.5 Å². The Hall–Kier alpha value is -2.11. The highest BCUT2D eigenvalue weighted by Crippen LogP contribution is 2.22. The Labute approximate surface area is 86.7 Å². The van der Waals surface area contributed by atoms with Gasteiger partial charge in [0, 0.05) is 12.7 Å². The molecule has 2 aromatic heterocycles. The van der Waals surface area contributed by atoms with Gasteiger partial charge in [-0.15, -0.1) is 5.10 Å². The number of aryl methyl sites for hydroxylation is 2. The lowest BCUT2D eigenvalue weighted by atomic mass is 10.3. The minimum Gasteiger partial charge on any atom is -0.402 e. The molecule has 0 aromatic carbocycles. The molecule has 78 valence electrons. The van der Waals surface area contributed by atoms with Crippen molar-refractivity contribution in [2.45, 2.75) is 6.92 Å². The van der Waals surface area contributed by atoms with Crippen LogP contribution in [0, 0.1) is 6.92 Å². The third kappa shape index (κ3) is 2.04. The number of nitrogens with two attached hydrogens (primary N) is 1. The third-order valence-corrected chi connectivity index (χ3v) is 1.80. The number of hydrogen-bond donors (Lipinski definition) is 1. The molecule has 0 atom stereocenters. The second-order valence-electron chi connectivity index (χ2n) is 3.15. The van der Waals surface area contributed by atoms with Gasteiger partial charge in [0.25, 0.3) is 0 Å². The molecule has 6 heteroatoms. The predicted octanol–water partition coefficient (Wildman–Crippen LogP) is 0.893. The average Bonchev–Trinajstić information content (AvgIpc) is 2.58. The van der Waals surface area contributed by atoms with Crippen LogP contribution < -0.4 is 10.5 Å². The molecule has 2 aromatic rings. The molecule has 0 fully saturated rings. The molecule has 0 bridgehead atoms. The zero-order valence-corrected chi connectivity index (χ0v) is 8.51. The number of pyridine rings is 1. The van der Waals surface area contributed by atoms with Crippen molar-refractivity contribution in [3.63, 3.8) is 0 Å². The van der Waals surface area contributed by atoms with Gasteiger partial charge in [-0.1, -0.05) is 0 Å². The number of nitrogens with zero attached hydrogens (tertiary/aromatic N) is 4. The summed E-state index contributed by atoms with van der Waals surface area (Å²) in [7, 11) is 1.76. The third-order valence-electron chi connectivity index (χ3n) is 1.80. The summed E-state index contributed by atoms with van der Waals surface area (Å²) in [4.78, 5) is 8.06. The predicted molar refractivity (Wildman–Crippen MR) is 54.5 cm³/mol. The van der Waals surface area contributed by atoms with Gasteiger partial charge in [0.05, 0.1) is 5.69 Å². The molecular weight excluding hydrogens is 194 g/mol. The number of nitrogen functional groups attached to an aromatic ring is 1. The van der Waals surface area contributed by atoms with Crippen molar-refractivity contribution in [2.24, 2.45) is 7.05 Å². The second-order valence-corrected chi connectivity index (χ2v) is 3.15. The van der Waals surface area contributed by atoms with Crippen LogP contribution in [0.1, 0.15) is 5.69 Å². The molecule has 0 aliphatic heterocycles. The maximum Gasteiger partial charge on any atom is 0.342 e. The lowest BCUT2D eigenvalue weighted by Crippen LogP contribution is -1.97. The van der Waals surface area contributed by atoms with E-state index < -0.39 is 0 Å². The van der Waals surface area contributed by atoms with Crippen LogP contribution in [-0.4, -0.2) is 19.7 Å². The van der Waals surface area contributed by atoms with Crippen LogP contribution in [-0.2, 0) is 7.05 Å². The van der Waals surface area contributed by atoms with E-state index in [9.17, 15) is 0 Å². The SMILES string of the molecule is Cc1ccc(N)c(Oc2ncn(C)n2)n1. The van der Waals surface area contributed by atoms with Gasteiger partial charge < -0.3 is 10.5 Å². The van der Waals surface area contributed by atoms with Gasteiger partial charge in [-0.05, 0) is 19.1 Å². The van der Waals surface area contributed by atoms with Crippen molar-refractivity contribution in [1.29, 1.82) is 0 Å². The Morgan fingerprint density at radius 1 is 1.40 bits per heavy atom. The van der Waals surface area contributed by atoms with E-state index in [1.807, 2.05) is 13.0 Å². The zero-order valence-electron chi connectivity index (χ0n) is 8.51. The summed E-state index contributed by atoms with van der Waals surface area (Å²) in [6, 6.07) is 3.79. The van der Waals surface area contributed by atoms with Crippen molar-refractivity contribution >= 4 is 5.69 Å². The smallest absolute Gasteiger partial charge is 0.342 e. The first-order valence-corrected chi connectivity index (χ1v) is 4.42. The fourth-order valence-electron chi connectivity index (χ4n) is 1.08. The van der Waals surface area contributed by atoms with E-state index in [1.165, 1.54) is 0 Å². The molecule has 2 N–H and O–H groups in total. The molecule has 2 heterocycles. The van der Waals surface area contributed by atoms with Crippen molar-refractivity contribution in [1.82, 2.24) is 19.7 Å². The lowest BCUT2D eigenvalue weighted by molar-refractivity contribution is 0.424. The molecule has 0 radical (unpaired) electrons. The number of hydrogen-bond acceptors (Lipinski definition) is 5. The Balaban J connectivity index is 2.27. The van der Waals surface area contributed by atoms with Gasteiger partial charge in [-0.3, -0.25) is 4.68 Å². The maximum atomic E-state index is 5.69. The van der Waals surface area contributed by atoms with E-state index in [0.717, 1.165) is 5.69 Å². The number of aromatic nitrogens is 4. The van der Waals surface area contributed by atoms with E-state index in [-0.39, 0.29) is 6.01 Å². The fraction of sp³-hybridized carbons (Fsp3) is 0.222. The Morgan fingerprint density at radius 3 is 2.87 bits per heavy atom. The van der Waals surface area contributed by atoms with Crippen LogP contribution in [0.5, 0.6) is 11.9 Å². The highest BCUT2D eigenvalue weighted by atomic mass is 16.5. The zero-order chi connectivity index (χ0) is 10.8. The number of anilines is 1. The number of ether oxygens (including phenoxy) is 1. The molecule has 0 saturated carbocycles. The van der Waals surface area contributed by atoms with Crippen LogP contribution in [0.25, 0.3) is 0 Å². The summed E-state index contributed by atoms with van der Waals surface area (Å²) in [5.41, 5.74) is 6.99. The Bertz CT molecular complexity index is 479. The average molecular weight is 205 g/mol. The molecule has 0 unspecified atom stereocenters. The van der Waals surface area contributed by atoms with Crippen LogP contribution in [0.2, 0.25) is 0 Å². The minimum atomic E-state index is 0.238. The van der Waals surface area contributed by atoms with Gasteiger partial charge >= 0.3 is 6.01 Å². The molecule has 0 aliphatic carbocycles. The number of rotatable bonds is 2. The maximum absolute atomic E-state index is 5.69. The van der Waals surface area contributed by atoms with Gasteiger partial charge in [0.2, 0.25) is 5.88 Å². The van der Waals surface area contributed by atoms with Crippen molar-refractivity contribution in [2.75, 3.05) is 5.73 Å². The van der Waals surface area contributed by atoms with E-state index in [0.29, 0.717) is 11.6 Å². The summed E-state index contributed by atoms with van der Waals surface area (Å²) in [5, 5.41) is 3.96. The first kappa shape index (κ1) is 9.45. The van der Waals surface area contributed by atoms with Crippen LogP contribution >= 0.6 is 0 Å². The topological polar surface area (TPSA) is 78.9 Å². The second kappa shape index (κ2) is 3.56. The molecule has 6 nitrogen and oxygen atoms in total. The molecule has 0 spiro atoms. The highest BCUT2D eigenvalue weighted by molar-refractivity contribution is 5.48. The molecule has 0 saturated heterocycles. The monoisotopic (exact) mass is 205 g/mol.